The van der Waals surface area contributed by atoms with Gasteiger partial charge >= 0.3 is 6.18 Å². The van der Waals surface area contributed by atoms with E-state index in [1.54, 1.807) is 13.1 Å². The Morgan fingerprint density at radius 1 is 1.19 bits per heavy atom. The first-order valence-corrected chi connectivity index (χ1v) is 11.4. The van der Waals surface area contributed by atoms with Crippen molar-refractivity contribution >= 4 is 32.5 Å². The van der Waals surface area contributed by atoms with Crippen LogP contribution in [0.25, 0.3) is 28.2 Å². The molecule has 4 aromatic rings. The predicted molar refractivity (Wildman–Crippen MR) is 112 cm³/mol. The molecule has 0 radical (unpaired) electrons. The topological polar surface area (TPSA) is 107 Å². The van der Waals surface area contributed by atoms with Gasteiger partial charge in [0.1, 0.15) is 22.7 Å². The second-order valence-corrected chi connectivity index (χ2v) is 9.70. The van der Waals surface area contributed by atoms with Gasteiger partial charge in [-0.1, -0.05) is 6.92 Å². The summed E-state index contributed by atoms with van der Waals surface area (Å²) in [6.07, 6.45) is -2.37. The Bertz CT molecular complexity index is 1440. The minimum atomic E-state index is -4.58. The van der Waals surface area contributed by atoms with Crippen LogP contribution in [0.4, 0.5) is 19.0 Å². The zero-order valence-electron chi connectivity index (χ0n) is 17.6. The number of nitrogens with one attached hydrogen (secondary N) is 1. The standard InChI is InChI=1S/C19H20F3N7O2S/c1-5-32(30,31)18-14(16-23-7-6-13(25-10(2)3)29(16)27-18)17-26-12-8-11(19(20,21)22)9-24-15(12)28(17)4/h6-10,25H,5H2,1-4H3. The van der Waals surface area contributed by atoms with Crippen molar-refractivity contribution in [2.45, 2.75) is 38.0 Å². The number of nitrogens with zero attached hydrogens (tertiary/aromatic N) is 6. The van der Waals surface area contributed by atoms with E-state index in [-0.39, 0.29) is 45.0 Å². The summed E-state index contributed by atoms with van der Waals surface area (Å²) in [5, 5.41) is 7.23. The molecular weight excluding hydrogens is 447 g/mol. The molecule has 0 aliphatic heterocycles. The Hall–Kier alpha value is -3.22. The third kappa shape index (κ3) is 3.55. The molecule has 0 atom stereocenters. The van der Waals surface area contributed by atoms with Crippen LogP contribution in [0.3, 0.4) is 0 Å². The maximum Gasteiger partial charge on any atom is 0.417 e. The van der Waals surface area contributed by atoms with Crippen LogP contribution in [0.5, 0.6) is 0 Å². The van der Waals surface area contributed by atoms with Gasteiger partial charge in [0.05, 0.1) is 11.3 Å². The van der Waals surface area contributed by atoms with Crippen molar-refractivity contribution in [3.8, 4) is 11.4 Å². The number of sulfone groups is 1. The van der Waals surface area contributed by atoms with Gasteiger partial charge in [-0.3, -0.25) is 0 Å². The van der Waals surface area contributed by atoms with Crippen molar-refractivity contribution in [2.75, 3.05) is 11.1 Å². The first-order valence-electron chi connectivity index (χ1n) is 9.71. The highest BCUT2D eigenvalue weighted by Gasteiger charge is 2.33. The average molecular weight is 467 g/mol. The van der Waals surface area contributed by atoms with E-state index in [1.807, 2.05) is 13.8 Å². The lowest BCUT2D eigenvalue weighted by molar-refractivity contribution is -0.137. The quantitative estimate of drug-likeness (QED) is 0.480. The molecule has 4 aromatic heterocycles. The van der Waals surface area contributed by atoms with Crippen molar-refractivity contribution < 1.29 is 21.6 Å². The van der Waals surface area contributed by atoms with Crippen molar-refractivity contribution in [2.24, 2.45) is 7.05 Å². The average Bonchev–Trinajstić information content (AvgIpc) is 3.26. The fourth-order valence-electron chi connectivity index (χ4n) is 3.34. The van der Waals surface area contributed by atoms with Crippen molar-refractivity contribution in [3.63, 3.8) is 0 Å². The van der Waals surface area contributed by atoms with Crippen LogP contribution in [0, 0.1) is 0 Å². The van der Waals surface area contributed by atoms with Crippen LogP contribution < -0.4 is 5.32 Å². The van der Waals surface area contributed by atoms with Gasteiger partial charge in [-0.05, 0) is 26.0 Å². The highest BCUT2D eigenvalue weighted by Crippen LogP contribution is 2.35. The Kier molecular flexibility index (Phi) is 5.11. The molecule has 4 rings (SSSR count). The number of pyridine rings is 1. The Morgan fingerprint density at radius 2 is 1.91 bits per heavy atom. The molecule has 1 N–H and O–H groups in total. The number of hydrogen-bond acceptors (Lipinski definition) is 7. The molecule has 0 bridgehead atoms. The Morgan fingerprint density at radius 3 is 2.53 bits per heavy atom. The summed E-state index contributed by atoms with van der Waals surface area (Å²) in [7, 11) is -2.27. The summed E-state index contributed by atoms with van der Waals surface area (Å²) >= 11 is 0. The largest absolute Gasteiger partial charge is 0.417 e. The molecule has 0 aliphatic carbocycles. The van der Waals surface area contributed by atoms with Gasteiger partial charge in [0, 0.05) is 25.5 Å². The fraction of sp³-hybridized carbons (Fsp3) is 0.368. The maximum atomic E-state index is 13.1. The zero-order valence-corrected chi connectivity index (χ0v) is 18.5. The van der Waals surface area contributed by atoms with Crippen LogP contribution >= 0.6 is 0 Å². The summed E-state index contributed by atoms with van der Waals surface area (Å²) < 4.78 is 68.0. The van der Waals surface area contributed by atoms with Crippen LogP contribution in [-0.2, 0) is 23.1 Å². The molecule has 9 nitrogen and oxygen atoms in total. The van der Waals surface area contributed by atoms with E-state index >= 15 is 0 Å². The van der Waals surface area contributed by atoms with Crippen LogP contribution in [0.2, 0.25) is 0 Å². The molecule has 0 fully saturated rings. The van der Waals surface area contributed by atoms with Gasteiger partial charge < -0.3 is 9.88 Å². The van der Waals surface area contributed by atoms with Crippen LogP contribution in [-0.4, -0.2) is 49.3 Å². The van der Waals surface area contributed by atoms with E-state index < -0.39 is 21.6 Å². The summed E-state index contributed by atoms with van der Waals surface area (Å²) in [6, 6.07) is 2.56. The van der Waals surface area contributed by atoms with Crippen LogP contribution in [0.15, 0.2) is 29.6 Å². The van der Waals surface area contributed by atoms with E-state index in [1.165, 1.54) is 22.2 Å². The monoisotopic (exact) mass is 467 g/mol. The van der Waals surface area contributed by atoms with E-state index in [4.69, 9.17) is 0 Å². The van der Waals surface area contributed by atoms with Gasteiger partial charge in [0.2, 0.25) is 0 Å². The highest BCUT2D eigenvalue weighted by atomic mass is 32.2. The van der Waals surface area contributed by atoms with E-state index in [2.05, 4.69) is 25.4 Å². The zero-order chi connectivity index (χ0) is 23.4. The van der Waals surface area contributed by atoms with E-state index in [0.29, 0.717) is 5.82 Å². The Balaban J connectivity index is 2.06. The van der Waals surface area contributed by atoms with Gasteiger partial charge in [-0.25, -0.2) is 23.4 Å². The normalized spacial score (nSPS) is 12.9. The third-order valence-corrected chi connectivity index (χ3v) is 6.49. The van der Waals surface area contributed by atoms with Gasteiger partial charge in [-0.15, -0.1) is 0 Å². The van der Waals surface area contributed by atoms with Crippen molar-refractivity contribution in [1.29, 1.82) is 0 Å². The fourth-order valence-corrected chi connectivity index (χ4v) is 4.31. The lowest BCUT2D eigenvalue weighted by Gasteiger charge is -2.10. The molecule has 0 spiro atoms. The second-order valence-electron chi connectivity index (χ2n) is 7.51. The highest BCUT2D eigenvalue weighted by molar-refractivity contribution is 7.91. The van der Waals surface area contributed by atoms with Crippen molar-refractivity contribution in [3.05, 3.63) is 30.1 Å². The summed E-state index contributed by atoms with van der Waals surface area (Å²) in [5.74, 6) is 0.389. The third-order valence-electron chi connectivity index (χ3n) is 4.86. The van der Waals surface area contributed by atoms with Gasteiger partial charge in [-0.2, -0.15) is 22.8 Å². The molecule has 0 saturated carbocycles. The second kappa shape index (κ2) is 7.43. The molecule has 0 unspecified atom stereocenters. The van der Waals surface area contributed by atoms with Crippen molar-refractivity contribution in [1.82, 2.24) is 29.1 Å². The number of aryl methyl sites for hydroxylation is 1. The number of fused-ring (bicyclic) bond motifs is 2. The molecule has 0 aliphatic rings. The molecule has 0 amide bonds. The lowest BCUT2D eigenvalue weighted by Crippen LogP contribution is -2.13. The number of rotatable bonds is 5. The number of halogens is 3. The summed E-state index contributed by atoms with van der Waals surface area (Å²) in [5.41, 5.74) is -0.487. The number of imidazole rings is 1. The summed E-state index contributed by atoms with van der Waals surface area (Å²) in [4.78, 5) is 12.5. The number of aromatic nitrogens is 6. The van der Waals surface area contributed by atoms with Crippen LogP contribution in [0.1, 0.15) is 26.3 Å². The smallest absolute Gasteiger partial charge is 0.368 e. The van der Waals surface area contributed by atoms with Gasteiger partial charge in [0.25, 0.3) is 0 Å². The maximum absolute atomic E-state index is 13.1. The van der Waals surface area contributed by atoms with E-state index in [9.17, 15) is 21.6 Å². The SMILES string of the molecule is CCS(=O)(=O)c1nn2c(NC(C)C)ccnc2c1-c1nc2cc(C(F)(F)F)cnc2n1C. The molecular formula is C19H20F3N7O2S. The Labute approximate surface area is 181 Å². The van der Waals surface area contributed by atoms with Gasteiger partial charge in [0.15, 0.2) is 26.2 Å². The number of hydrogen-bond donors (Lipinski definition) is 1. The molecule has 4 heterocycles. The molecule has 13 heteroatoms. The summed E-state index contributed by atoms with van der Waals surface area (Å²) in [6.45, 7) is 5.31. The number of anilines is 1. The first-order chi connectivity index (χ1) is 14.9. The molecule has 170 valence electrons. The lowest BCUT2D eigenvalue weighted by atomic mass is 10.2. The first kappa shape index (κ1) is 22.0. The predicted octanol–water partition coefficient (Wildman–Crippen LogP) is 3.31. The molecule has 32 heavy (non-hydrogen) atoms. The minimum Gasteiger partial charge on any atom is -0.368 e. The van der Waals surface area contributed by atoms with E-state index in [0.717, 1.165) is 12.3 Å². The minimum absolute atomic E-state index is 0.0204. The molecule has 0 saturated heterocycles. The number of alkyl halides is 3. The molecule has 0 aromatic carbocycles.